The summed E-state index contributed by atoms with van der Waals surface area (Å²) in [6, 6.07) is 1.43. The van der Waals surface area contributed by atoms with Gasteiger partial charge in [0.1, 0.15) is 6.73 Å². The Labute approximate surface area is 76.9 Å². The van der Waals surface area contributed by atoms with Crippen molar-refractivity contribution in [2.75, 3.05) is 5.73 Å². The minimum atomic E-state index is -0.152. The molecule has 0 unspecified atom stereocenters. The van der Waals surface area contributed by atoms with E-state index in [4.69, 9.17) is 10.5 Å². The van der Waals surface area contributed by atoms with Gasteiger partial charge in [-0.3, -0.25) is 4.79 Å². The first-order valence-corrected chi connectivity index (χ1v) is 4.17. The Morgan fingerprint density at radius 1 is 1.62 bits per heavy atom. The number of nitrogens with zero attached hydrogens (tertiary/aromatic N) is 1. The van der Waals surface area contributed by atoms with E-state index in [9.17, 15) is 4.79 Å². The van der Waals surface area contributed by atoms with Crippen LogP contribution >= 0.6 is 0 Å². The molecule has 0 aromatic carbocycles. The molecule has 0 aliphatic heterocycles. The molecule has 0 atom stereocenters. The zero-order valence-corrected chi connectivity index (χ0v) is 7.86. The molecule has 0 amide bonds. The zero-order chi connectivity index (χ0) is 9.84. The van der Waals surface area contributed by atoms with E-state index in [0.29, 0.717) is 6.73 Å². The monoisotopic (exact) mass is 182 g/mol. The van der Waals surface area contributed by atoms with Crippen LogP contribution in [0.15, 0.2) is 23.3 Å². The Balaban J connectivity index is 2.69. The maximum absolute atomic E-state index is 10.9. The minimum Gasteiger partial charge on any atom is -0.394 e. The third kappa shape index (κ3) is 2.91. The van der Waals surface area contributed by atoms with Crippen LogP contribution in [0, 0.1) is 0 Å². The molecule has 1 rings (SSSR count). The predicted molar refractivity (Wildman–Crippen MR) is 51.3 cm³/mol. The second-order valence-electron chi connectivity index (χ2n) is 3.12. The van der Waals surface area contributed by atoms with E-state index in [-0.39, 0.29) is 17.2 Å². The fourth-order valence-corrected chi connectivity index (χ4v) is 0.860. The molecule has 1 aromatic rings. The first-order chi connectivity index (χ1) is 6.09. The highest BCUT2D eigenvalue weighted by molar-refractivity contribution is 5.33. The topological polar surface area (TPSA) is 57.2 Å². The Kier molecular flexibility index (Phi) is 3.08. The molecule has 0 saturated carbocycles. The highest BCUT2D eigenvalue weighted by atomic mass is 16.5. The third-order valence-electron chi connectivity index (χ3n) is 1.56. The Morgan fingerprint density at radius 2 is 2.31 bits per heavy atom. The predicted octanol–water partition coefficient (Wildman–Crippen LogP) is 0.813. The van der Waals surface area contributed by atoms with Gasteiger partial charge < -0.3 is 15.0 Å². The van der Waals surface area contributed by atoms with E-state index >= 15 is 0 Å². The second kappa shape index (κ2) is 4.09. The van der Waals surface area contributed by atoms with E-state index in [1.54, 1.807) is 17.0 Å². The molecule has 0 aliphatic carbocycles. The van der Waals surface area contributed by atoms with Gasteiger partial charge in [0.05, 0.1) is 11.8 Å². The number of nitrogens with two attached hydrogens (primary N) is 1. The van der Waals surface area contributed by atoms with Crippen LogP contribution in [-0.2, 0) is 11.5 Å². The fraction of sp³-hybridized carbons (Fsp3) is 0.444. The number of rotatable bonds is 3. The number of ether oxygens (including phenoxy) is 1. The van der Waals surface area contributed by atoms with Gasteiger partial charge in [0.15, 0.2) is 0 Å². The number of aromatic nitrogens is 1. The van der Waals surface area contributed by atoms with Crippen LogP contribution in [0.4, 0.5) is 5.69 Å². The van der Waals surface area contributed by atoms with Gasteiger partial charge in [-0.25, -0.2) is 0 Å². The van der Waals surface area contributed by atoms with Crippen LogP contribution in [0.2, 0.25) is 0 Å². The average molecular weight is 182 g/mol. The van der Waals surface area contributed by atoms with Gasteiger partial charge in [0, 0.05) is 18.5 Å². The normalized spacial score (nSPS) is 10.7. The summed E-state index contributed by atoms with van der Waals surface area (Å²) in [5.74, 6) is 0. The van der Waals surface area contributed by atoms with E-state index in [1.807, 2.05) is 13.8 Å². The first-order valence-electron chi connectivity index (χ1n) is 4.17. The summed E-state index contributed by atoms with van der Waals surface area (Å²) in [6.45, 7) is 4.32. The van der Waals surface area contributed by atoms with Crippen LogP contribution < -0.4 is 11.2 Å². The molecule has 13 heavy (non-hydrogen) atoms. The van der Waals surface area contributed by atoms with Gasteiger partial charge >= 0.3 is 0 Å². The average Bonchev–Trinajstić information content (AvgIpc) is 2.07. The molecule has 4 nitrogen and oxygen atoms in total. The highest BCUT2D eigenvalue weighted by Crippen LogP contribution is 1.96. The molecule has 2 N–H and O–H groups in total. The lowest BCUT2D eigenvalue weighted by Gasteiger charge is -2.10. The summed E-state index contributed by atoms with van der Waals surface area (Å²) in [6.07, 6.45) is 3.40. The van der Waals surface area contributed by atoms with Crippen LogP contribution in [0.1, 0.15) is 13.8 Å². The van der Waals surface area contributed by atoms with E-state index in [1.165, 1.54) is 6.07 Å². The summed E-state index contributed by atoms with van der Waals surface area (Å²) in [5, 5.41) is 0. The van der Waals surface area contributed by atoms with Crippen molar-refractivity contribution in [2.24, 2.45) is 0 Å². The number of pyridine rings is 1. The minimum absolute atomic E-state index is 0.152. The van der Waals surface area contributed by atoms with E-state index in [2.05, 4.69) is 0 Å². The van der Waals surface area contributed by atoms with Gasteiger partial charge in [-0.05, 0) is 13.8 Å². The summed E-state index contributed by atoms with van der Waals surface area (Å²) < 4.78 is 7.06. The quantitative estimate of drug-likeness (QED) is 0.752. The number of hydrogen-bond donors (Lipinski definition) is 1. The van der Waals surface area contributed by atoms with Gasteiger partial charge in [0.25, 0.3) is 0 Å². The molecule has 0 aliphatic rings. The van der Waals surface area contributed by atoms with Crippen molar-refractivity contribution in [1.82, 2.24) is 4.57 Å². The molecule has 1 aromatic heterocycles. The molecular weight excluding hydrogens is 168 g/mol. The maximum atomic E-state index is 10.9. The van der Waals surface area contributed by atoms with E-state index in [0.717, 1.165) is 0 Å². The molecular formula is C9H14N2O2. The van der Waals surface area contributed by atoms with Crippen molar-refractivity contribution in [3.63, 3.8) is 0 Å². The van der Waals surface area contributed by atoms with Crippen LogP contribution in [0.3, 0.4) is 0 Å². The molecule has 0 fully saturated rings. The lowest BCUT2D eigenvalue weighted by atomic mass is 10.4. The van der Waals surface area contributed by atoms with Crippen LogP contribution in [0.25, 0.3) is 0 Å². The van der Waals surface area contributed by atoms with Crippen LogP contribution in [-0.4, -0.2) is 10.7 Å². The Morgan fingerprint density at radius 3 is 2.85 bits per heavy atom. The summed E-state index contributed by atoms with van der Waals surface area (Å²) in [4.78, 5) is 10.9. The van der Waals surface area contributed by atoms with Crippen LogP contribution in [0.5, 0.6) is 0 Å². The highest BCUT2D eigenvalue weighted by Gasteiger charge is 1.96. The number of hydrogen-bond acceptors (Lipinski definition) is 3. The summed E-state index contributed by atoms with van der Waals surface area (Å²) >= 11 is 0. The molecule has 4 heteroatoms. The molecule has 0 spiro atoms. The lowest BCUT2D eigenvalue weighted by Crippen LogP contribution is -2.13. The molecule has 0 bridgehead atoms. The third-order valence-corrected chi connectivity index (χ3v) is 1.56. The number of anilines is 1. The van der Waals surface area contributed by atoms with Crippen molar-refractivity contribution in [2.45, 2.75) is 26.7 Å². The smallest absolute Gasteiger partial charge is 0.204 e. The largest absolute Gasteiger partial charge is 0.394 e. The van der Waals surface area contributed by atoms with Crippen molar-refractivity contribution in [3.05, 3.63) is 28.7 Å². The van der Waals surface area contributed by atoms with Crippen molar-refractivity contribution < 1.29 is 4.74 Å². The second-order valence-corrected chi connectivity index (χ2v) is 3.12. The molecule has 72 valence electrons. The van der Waals surface area contributed by atoms with Gasteiger partial charge in [0.2, 0.25) is 5.43 Å². The van der Waals surface area contributed by atoms with Gasteiger partial charge in [-0.1, -0.05) is 0 Å². The standard InChI is InChI=1S/C9H14N2O2/c1-7(2)13-6-11-4-3-9(12)8(10)5-11/h3-5,7H,6,10H2,1-2H3. The lowest BCUT2D eigenvalue weighted by molar-refractivity contribution is 0.0284. The van der Waals surface area contributed by atoms with E-state index < -0.39 is 0 Å². The Bertz CT molecular complexity index is 331. The Hall–Kier alpha value is -1.29. The van der Waals surface area contributed by atoms with Crippen molar-refractivity contribution in [3.8, 4) is 0 Å². The zero-order valence-electron chi connectivity index (χ0n) is 7.86. The first kappa shape index (κ1) is 9.80. The van der Waals surface area contributed by atoms with Crippen molar-refractivity contribution >= 4 is 5.69 Å². The molecule has 1 heterocycles. The van der Waals surface area contributed by atoms with Gasteiger partial charge in [-0.15, -0.1) is 0 Å². The number of nitrogen functional groups attached to an aromatic ring is 1. The fourth-order valence-electron chi connectivity index (χ4n) is 0.860. The van der Waals surface area contributed by atoms with Gasteiger partial charge in [-0.2, -0.15) is 0 Å². The summed E-state index contributed by atoms with van der Waals surface area (Å²) in [7, 11) is 0. The maximum Gasteiger partial charge on any atom is 0.204 e. The van der Waals surface area contributed by atoms with Crippen molar-refractivity contribution in [1.29, 1.82) is 0 Å². The molecule has 0 saturated heterocycles. The summed E-state index contributed by atoms with van der Waals surface area (Å²) in [5.41, 5.74) is 5.53. The SMILES string of the molecule is CC(C)OCn1ccc(=O)c(N)c1. The molecule has 0 radical (unpaired) electrons.